The molecule has 2 amide bonds. The Morgan fingerprint density at radius 2 is 1.83 bits per heavy atom. The lowest BCUT2D eigenvalue weighted by molar-refractivity contribution is -0.134. The summed E-state index contributed by atoms with van der Waals surface area (Å²) in [6, 6.07) is 8.63. The molecule has 2 aliphatic carbocycles. The summed E-state index contributed by atoms with van der Waals surface area (Å²) in [7, 11) is 0. The first kappa shape index (κ1) is 32.2. The van der Waals surface area contributed by atoms with E-state index in [9.17, 15) is 14.4 Å². The highest BCUT2D eigenvalue weighted by atomic mass is 16.2. The van der Waals surface area contributed by atoms with Crippen molar-refractivity contribution in [3.63, 3.8) is 0 Å². The fourth-order valence-corrected chi connectivity index (χ4v) is 7.40. The molecule has 2 aliphatic heterocycles. The van der Waals surface area contributed by atoms with Crippen LogP contribution in [0.2, 0.25) is 0 Å². The average Bonchev–Trinajstić information content (AvgIpc) is 2.94. The van der Waals surface area contributed by atoms with Gasteiger partial charge in [-0.25, -0.2) is 0 Å². The molecule has 0 radical (unpaired) electrons. The number of amides is 2. The number of nitrogens with two attached hydrogens (primary N) is 1. The number of hydrogen-bond donors (Lipinski definition) is 2. The largest absolute Gasteiger partial charge is 0.399 e. The smallest absolute Gasteiger partial charge is 0.234 e. The van der Waals surface area contributed by atoms with E-state index in [2.05, 4.69) is 49.2 Å². The van der Waals surface area contributed by atoms with Crippen molar-refractivity contribution in [2.45, 2.75) is 97.9 Å². The summed E-state index contributed by atoms with van der Waals surface area (Å²) < 4.78 is 0. The van der Waals surface area contributed by atoms with Crippen molar-refractivity contribution in [1.82, 2.24) is 10.2 Å². The van der Waals surface area contributed by atoms with E-state index >= 15 is 0 Å². The zero-order valence-corrected chi connectivity index (χ0v) is 26.5. The Bertz CT molecular complexity index is 1150. The second-order valence-electron chi connectivity index (χ2n) is 13.6. The molecular formula is C36H53N3O3. The van der Waals surface area contributed by atoms with Crippen molar-refractivity contribution in [1.29, 1.82) is 0 Å². The lowest BCUT2D eigenvalue weighted by Crippen LogP contribution is -2.52. The van der Waals surface area contributed by atoms with E-state index in [0.29, 0.717) is 42.3 Å². The molecule has 1 saturated carbocycles. The predicted octanol–water partition coefficient (Wildman–Crippen LogP) is 6.30. The predicted molar refractivity (Wildman–Crippen MR) is 169 cm³/mol. The molecule has 6 atom stereocenters. The van der Waals surface area contributed by atoms with Crippen LogP contribution in [0.5, 0.6) is 0 Å². The highest BCUT2D eigenvalue weighted by Gasteiger charge is 2.40. The molecule has 1 aromatic carbocycles. The summed E-state index contributed by atoms with van der Waals surface area (Å²) in [6.07, 6.45) is 15.0. The van der Waals surface area contributed by atoms with Crippen LogP contribution in [-0.4, -0.2) is 41.6 Å². The molecule has 0 spiro atoms. The normalized spacial score (nSPS) is 31.1. The number of imide groups is 1. The third-order valence-corrected chi connectivity index (χ3v) is 10.7. The molecule has 6 heteroatoms. The summed E-state index contributed by atoms with van der Waals surface area (Å²) in [4.78, 5) is 37.6. The molecule has 4 aliphatic rings. The summed E-state index contributed by atoms with van der Waals surface area (Å²) in [5.41, 5.74) is 8.94. The average molecular weight is 576 g/mol. The van der Waals surface area contributed by atoms with Crippen molar-refractivity contribution < 1.29 is 14.4 Å². The van der Waals surface area contributed by atoms with Gasteiger partial charge in [0.05, 0.1) is 5.92 Å². The molecular weight excluding hydrogens is 522 g/mol. The Morgan fingerprint density at radius 1 is 1.12 bits per heavy atom. The summed E-state index contributed by atoms with van der Waals surface area (Å²) in [6.45, 7) is 13.1. The van der Waals surface area contributed by atoms with E-state index in [0.717, 1.165) is 36.2 Å². The van der Waals surface area contributed by atoms with E-state index < -0.39 is 0 Å². The lowest BCUT2D eigenvalue weighted by Gasteiger charge is -2.48. The van der Waals surface area contributed by atoms with Crippen molar-refractivity contribution in [3.8, 4) is 0 Å². The maximum Gasteiger partial charge on any atom is 0.234 e. The highest BCUT2D eigenvalue weighted by Crippen LogP contribution is 2.40. The maximum absolute atomic E-state index is 12.4. The Morgan fingerprint density at radius 3 is 2.43 bits per heavy atom. The standard InChI is InChI=1S/C24H40N2O.C12H13NO2/c1-5-19-13-23(14-19)26-11-10-21(24(15-26)18(4)27)12-16(2)17(3)20-6-8-22(25)9-7-20;1-8-2-4-9(5-3-8)10-6-7-11(14)13-12(10)15/h6,8-9,16-17,19-21,23-24H,5,7,10-15,25H2,1-4H3;2-5,10H,6-7H2,1H3,(H,13,14,15). The van der Waals surface area contributed by atoms with Gasteiger partial charge in [-0.1, -0.05) is 69.2 Å². The van der Waals surface area contributed by atoms with Crippen molar-refractivity contribution in [2.24, 2.45) is 41.2 Å². The third kappa shape index (κ3) is 8.21. The topological polar surface area (TPSA) is 92.5 Å². The minimum atomic E-state index is -0.171. The molecule has 2 heterocycles. The number of Topliss-reactive ketones (excluding diaryl/α,β-unsaturated/α-hetero) is 1. The fourth-order valence-electron chi connectivity index (χ4n) is 7.40. The van der Waals surface area contributed by atoms with Crippen molar-refractivity contribution >= 4 is 17.6 Å². The number of ketones is 1. The summed E-state index contributed by atoms with van der Waals surface area (Å²) in [5, 5.41) is 2.36. The van der Waals surface area contributed by atoms with E-state index in [1.54, 1.807) is 0 Å². The second-order valence-corrected chi connectivity index (χ2v) is 13.6. The Kier molecular flexibility index (Phi) is 11.2. The molecule has 2 saturated heterocycles. The van der Waals surface area contributed by atoms with Gasteiger partial charge in [0, 0.05) is 30.6 Å². The first-order valence-electron chi connectivity index (χ1n) is 16.3. The van der Waals surface area contributed by atoms with Crippen molar-refractivity contribution in [3.05, 3.63) is 59.3 Å². The van der Waals surface area contributed by atoms with E-state index in [1.165, 1.54) is 44.2 Å². The number of hydrogen-bond acceptors (Lipinski definition) is 5. The van der Waals surface area contributed by atoms with E-state index in [-0.39, 0.29) is 23.7 Å². The minimum Gasteiger partial charge on any atom is -0.399 e. The quantitative estimate of drug-likeness (QED) is 0.355. The molecule has 230 valence electrons. The van der Waals surface area contributed by atoms with Crippen LogP contribution in [0.15, 0.2) is 48.2 Å². The van der Waals surface area contributed by atoms with Crippen LogP contribution in [0, 0.1) is 42.4 Å². The van der Waals surface area contributed by atoms with Crippen LogP contribution in [0.1, 0.15) is 96.1 Å². The number of benzene rings is 1. The van der Waals surface area contributed by atoms with Crippen LogP contribution >= 0.6 is 0 Å². The number of nitrogens with zero attached hydrogens (tertiary/aromatic N) is 1. The molecule has 6 nitrogen and oxygen atoms in total. The molecule has 42 heavy (non-hydrogen) atoms. The molecule has 3 N–H and O–H groups in total. The molecule has 5 rings (SSSR count). The summed E-state index contributed by atoms with van der Waals surface area (Å²) >= 11 is 0. The SMILES string of the molecule is CCC1CC(N2CCC(CC(C)C(C)C3C=CC(N)=CC3)C(C(C)=O)C2)C1.Cc1ccc(C2CCC(=O)NC2=O)cc1. The molecule has 6 unspecified atom stereocenters. The minimum absolute atomic E-state index is 0.164. The Labute approximate surface area is 253 Å². The zero-order chi connectivity index (χ0) is 30.4. The number of aryl methyl sites for hydroxylation is 1. The van der Waals surface area contributed by atoms with Crippen molar-refractivity contribution in [2.75, 3.05) is 13.1 Å². The number of piperidine rings is 2. The zero-order valence-electron chi connectivity index (χ0n) is 26.5. The maximum atomic E-state index is 12.4. The first-order valence-corrected chi connectivity index (χ1v) is 16.3. The van der Waals surface area contributed by atoms with Gasteiger partial charge in [-0.2, -0.15) is 0 Å². The van der Waals surface area contributed by atoms with Crippen LogP contribution in [0.3, 0.4) is 0 Å². The van der Waals surface area contributed by atoms with Crippen LogP contribution in [0.4, 0.5) is 0 Å². The van der Waals surface area contributed by atoms with Gasteiger partial charge in [-0.15, -0.1) is 0 Å². The van der Waals surface area contributed by atoms with Gasteiger partial charge >= 0.3 is 0 Å². The Balaban J connectivity index is 0.000000227. The number of nitrogens with one attached hydrogen (secondary N) is 1. The van der Waals surface area contributed by atoms with Gasteiger partial charge in [0.25, 0.3) is 0 Å². The van der Waals surface area contributed by atoms with Gasteiger partial charge in [-0.05, 0) is 100 Å². The monoisotopic (exact) mass is 575 g/mol. The third-order valence-electron chi connectivity index (χ3n) is 10.7. The Hall–Kier alpha value is -2.73. The lowest BCUT2D eigenvalue weighted by atomic mass is 9.70. The van der Waals surface area contributed by atoms with Gasteiger partial charge in [-0.3, -0.25) is 24.6 Å². The van der Waals surface area contributed by atoms with Crippen LogP contribution in [0.25, 0.3) is 0 Å². The van der Waals surface area contributed by atoms with E-state index in [4.69, 9.17) is 5.73 Å². The van der Waals surface area contributed by atoms with Gasteiger partial charge in [0.15, 0.2) is 0 Å². The molecule has 0 aromatic heterocycles. The second kappa shape index (κ2) is 14.6. The van der Waals surface area contributed by atoms with Gasteiger partial charge in [0.2, 0.25) is 11.8 Å². The number of carbonyl (C=O) groups is 3. The molecule has 3 fully saturated rings. The van der Waals surface area contributed by atoms with Gasteiger partial charge in [0.1, 0.15) is 5.78 Å². The van der Waals surface area contributed by atoms with E-state index in [1.807, 2.05) is 38.1 Å². The van der Waals surface area contributed by atoms with Crippen LogP contribution < -0.4 is 11.1 Å². The number of allylic oxidation sites excluding steroid dienone is 3. The first-order chi connectivity index (χ1) is 20.0. The molecule has 0 bridgehead atoms. The number of likely N-dealkylation sites (tertiary alicyclic amines) is 1. The van der Waals surface area contributed by atoms with Crippen LogP contribution in [-0.2, 0) is 14.4 Å². The number of rotatable bonds is 8. The van der Waals surface area contributed by atoms with Gasteiger partial charge < -0.3 is 5.73 Å². The molecule has 1 aromatic rings. The summed E-state index contributed by atoms with van der Waals surface area (Å²) in [5.74, 6) is 3.50. The fraction of sp³-hybridized carbons (Fsp3) is 0.639. The highest BCUT2D eigenvalue weighted by molar-refractivity contribution is 6.00. The number of carbonyl (C=O) groups excluding carboxylic acids is 3.